The van der Waals surface area contributed by atoms with Gasteiger partial charge in [0.2, 0.25) is 0 Å². The molecule has 0 radical (unpaired) electrons. The van der Waals surface area contributed by atoms with Gasteiger partial charge >= 0.3 is 0 Å². The number of hydrogen-bond donors (Lipinski definition) is 3. The summed E-state index contributed by atoms with van der Waals surface area (Å²) in [7, 11) is 0. The van der Waals surface area contributed by atoms with Gasteiger partial charge in [0.05, 0.1) is 5.76 Å². The summed E-state index contributed by atoms with van der Waals surface area (Å²) in [6.45, 7) is 10.7. The fourth-order valence-corrected chi connectivity index (χ4v) is 0.822. The van der Waals surface area contributed by atoms with Crippen LogP contribution in [0.2, 0.25) is 0 Å². The predicted molar refractivity (Wildman–Crippen MR) is 65.3 cm³/mol. The zero-order valence-electron chi connectivity index (χ0n) is 9.76. The quantitative estimate of drug-likeness (QED) is 0.355. The van der Waals surface area contributed by atoms with Crippen LogP contribution < -0.4 is 10.9 Å². The van der Waals surface area contributed by atoms with Crippen molar-refractivity contribution in [2.45, 2.75) is 26.4 Å². The van der Waals surface area contributed by atoms with E-state index in [2.05, 4.69) is 24.0 Å². The minimum absolute atomic E-state index is 0.0114. The lowest BCUT2D eigenvalue weighted by Gasteiger charge is -2.07. The molecule has 0 aromatic carbocycles. The lowest BCUT2D eigenvalue weighted by molar-refractivity contribution is 0.366. The van der Waals surface area contributed by atoms with Crippen LogP contribution in [0.3, 0.4) is 0 Å². The summed E-state index contributed by atoms with van der Waals surface area (Å²) in [6.07, 6.45) is 3.37. The topological polar surface area (TPSA) is 44.3 Å². The summed E-state index contributed by atoms with van der Waals surface area (Å²) in [4.78, 5) is 0. The van der Waals surface area contributed by atoms with Crippen LogP contribution in [0.25, 0.3) is 0 Å². The average Bonchev–Trinajstić information content (AvgIpc) is 2.15. The van der Waals surface area contributed by atoms with Crippen LogP contribution in [-0.4, -0.2) is 11.3 Å². The van der Waals surface area contributed by atoms with Crippen LogP contribution in [-0.2, 0) is 0 Å². The SMILES string of the molecule is C=C(C)C(=C)NN/C=C/CC(F)/C=C(\C)O. The van der Waals surface area contributed by atoms with E-state index in [1.807, 2.05) is 6.92 Å². The van der Waals surface area contributed by atoms with E-state index >= 15 is 0 Å². The number of hydrazine groups is 1. The Labute approximate surface area is 96.0 Å². The second kappa shape index (κ2) is 7.56. The molecule has 0 saturated carbocycles. The number of nitrogens with one attached hydrogen (secondary N) is 2. The molecule has 0 bridgehead atoms. The van der Waals surface area contributed by atoms with Gasteiger partial charge in [-0.3, -0.25) is 0 Å². The molecule has 1 atom stereocenters. The Hall–Kier alpha value is -1.71. The van der Waals surface area contributed by atoms with Crippen LogP contribution in [0.4, 0.5) is 4.39 Å². The zero-order chi connectivity index (χ0) is 12.6. The summed E-state index contributed by atoms with van der Waals surface area (Å²) < 4.78 is 13.0. The Kier molecular flexibility index (Phi) is 6.76. The van der Waals surface area contributed by atoms with Gasteiger partial charge in [0.1, 0.15) is 6.17 Å². The maximum absolute atomic E-state index is 13.0. The first-order chi connectivity index (χ1) is 7.43. The van der Waals surface area contributed by atoms with Crippen LogP contribution in [0.1, 0.15) is 20.3 Å². The van der Waals surface area contributed by atoms with Gasteiger partial charge in [-0.25, -0.2) is 4.39 Å². The first-order valence-corrected chi connectivity index (χ1v) is 4.96. The minimum Gasteiger partial charge on any atom is -0.513 e. The third kappa shape index (κ3) is 7.67. The standard InChI is InChI=1S/C12H19FN2O/c1-9(2)11(4)15-14-7-5-6-12(13)8-10(3)16/h5,7-8,12,14-16H,1,4,6H2,2-3H3/b7-5+,10-8+. The van der Waals surface area contributed by atoms with Crippen molar-refractivity contribution in [3.8, 4) is 0 Å². The molecule has 0 saturated heterocycles. The summed E-state index contributed by atoms with van der Waals surface area (Å²) in [5.74, 6) is -0.0114. The van der Waals surface area contributed by atoms with E-state index in [9.17, 15) is 4.39 Å². The number of aliphatic hydroxyl groups excluding tert-OH is 1. The molecule has 0 amide bonds. The van der Waals surface area contributed by atoms with E-state index in [4.69, 9.17) is 5.11 Å². The Morgan fingerprint density at radius 3 is 2.56 bits per heavy atom. The Balaban J connectivity index is 3.75. The summed E-state index contributed by atoms with van der Waals surface area (Å²) in [6, 6.07) is 0. The number of aliphatic hydroxyl groups is 1. The van der Waals surface area contributed by atoms with Crippen molar-refractivity contribution < 1.29 is 9.50 Å². The molecule has 16 heavy (non-hydrogen) atoms. The number of alkyl halides is 1. The van der Waals surface area contributed by atoms with Crippen molar-refractivity contribution in [1.29, 1.82) is 0 Å². The van der Waals surface area contributed by atoms with Gasteiger partial charge in [0, 0.05) is 18.3 Å². The fraction of sp³-hybridized carbons (Fsp3) is 0.333. The van der Waals surface area contributed by atoms with Crippen LogP contribution >= 0.6 is 0 Å². The molecule has 0 aliphatic carbocycles. The maximum Gasteiger partial charge on any atom is 0.125 e. The maximum atomic E-state index is 13.0. The second-order valence-electron chi connectivity index (χ2n) is 3.49. The summed E-state index contributed by atoms with van der Waals surface area (Å²) in [5.41, 5.74) is 7.01. The van der Waals surface area contributed by atoms with Gasteiger partial charge in [-0.2, -0.15) is 0 Å². The van der Waals surface area contributed by atoms with Gasteiger partial charge in [-0.05, 0) is 25.5 Å². The molecule has 0 spiro atoms. The van der Waals surface area contributed by atoms with Crippen LogP contribution in [0, 0.1) is 0 Å². The number of halogens is 1. The normalized spacial score (nSPS) is 13.6. The van der Waals surface area contributed by atoms with E-state index in [1.54, 1.807) is 12.3 Å². The van der Waals surface area contributed by atoms with Gasteiger partial charge in [0.25, 0.3) is 0 Å². The highest BCUT2D eigenvalue weighted by Crippen LogP contribution is 2.03. The molecule has 4 heteroatoms. The van der Waals surface area contributed by atoms with E-state index in [1.165, 1.54) is 6.92 Å². The Bertz CT molecular complexity index is 304. The summed E-state index contributed by atoms with van der Waals surface area (Å²) >= 11 is 0. The lowest BCUT2D eigenvalue weighted by Crippen LogP contribution is -2.25. The van der Waals surface area contributed by atoms with Gasteiger partial charge in [0.15, 0.2) is 0 Å². The molecule has 0 fully saturated rings. The van der Waals surface area contributed by atoms with Crippen LogP contribution in [0.5, 0.6) is 0 Å². The molecule has 3 nitrogen and oxygen atoms in total. The molecule has 1 unspecified atom stereocenters. The highest BCUT2D eigenvalue weighted by Gasteiger charge is 1.99. The highest BCUT2D eigenvalue weighted by atomic mass is 19.1. The van der Waals surface area contributed by atoms with E-state index in [-0.39, 0.29) is 12.2 Å². The Morgan fingerprint density at radius 2 is 2.06 bits per heavy atom. The first-order valence-electron chi connectivity index (χ1n) is 4.96. The largest absolute Gasteiger partial charge is 0.513 e. The molecular formula is C12H19FN2O. The molecule has 0 aliphatic rings. The third-order valence-corrected chi connectivity index (χ3v) is 1.72. The molecule has 90 valence electrons. The first kappa shape index (κ1) is 14.3. The van der Waals surface area contributed by atoms with Crippen molar-refractivity contribution in [2.24, 2.45) is 0 Å². The van der Waals surface area contributed by atoms with E-state index in [0.29, 0.717) is 5.70 Å². The molecular weight excluding hydrogens is 207 g/mol. The molecule has 3 N–H and O–H groups in total. The second-order valence-corrected chi connectivity index (χ2v) is 3.49. The zero-order valence-corrected chi connectivity index (χ0v) is 9.76. The highest BCUT2D eigenvalue weighted by molar-refractivity contribution is 5.20. The smallest absolute Gasteiger partial charge is 0.125 e. The van der Waals surface area contributed by atoms with Crippen molar-refractivity contribution in [2.75, 3.05) is 0 Å². The van der Waals surface area contributed by atoms with E-state index in [0.717, 1.165) is 11.6 Å². The van der Waals surface area contributed by atoms with Crippen molar-refractivity contribution in [3.05, 3.63) is 48.5 Å². The monoisotopic (exact) mass is 226 g/mol. The van der Waals surface area contributed by atoms with Gasteiger partial charge in [-0.1, -0.05) is 19.2 Å². The van der Waals surface area contributed by atoms with Gasteiger partial charge in [-0.15, -0.1) is 0 Å². The van der Waals surface area contributed by atoms with E-state index < -0.39 is 6.17 Å². The van der Waals surface area contributed by atoms with Crippen molar-refractivity contribution >= 4 is 0 Å². The Morgan fingerprint density at radius 1 is 1.44 bits per heavy atom. The molecule has 0 heterocycles. The average molecular weight is 226 g/mol. The molecule has 0 aromatic rings. The fourth-order valence-electron chi connectivity index (χ4n) is 0.822. The van der Waals surface area contributed by atoms with Gasteiger partial charge < -0.3 is 16.0 Å². The predicted octanol–water partition coefficient (Wildman–Crippen LogP) is 2.87. The van der Waals surface area contributed by atoms with Crippen LogP contribution in [0.15, 0.2) is 48.5 Å². The molecule has 0 rings (SSSR count). The molecule has 0 aromatic heterocycles. The van der Waals surface area contributed by atoms with Crippen molar-refractivity contribution in [3.63, 3.8) is 0 Å². The number of hydrogen-bond acceptors (Lipinski definition) is 3. The van der Waals surface area contributed by atoms with Crippen molar-refractivity contribution in [1.82, 2.24) is 10.9 Å². The molecule has 0 aliphatic heterocycles. The number of rotatable bonds is 7. The third-order valence-electron chi connectivity index (χ3n) is 1.72. The number of allylic oxidation sites excluding steroid dienone is 4. The summed E-state index contributed by atoms with van der Waals surface area (Å²) in [5, 5.41) is 8.81. The minimum atomic E-state index is -1.17. The lowest BCUT2D eigenvalue weighted by atomic mass is 10.2.